The molecule has 2 N–H and O–H groups in total. The number of hydrogen-bond acceptors (Lipinski definition) is 3. The van der Waals surface area contributed by atoms with Crippen LogP contribution in [0.4, 0.5) is 9.18 Å². The van der Waals surface area contributed by atoms with Crippen LogP contribution < -0.4 is 10.9 Å². The van der Waals surface area contributed by atoms with E-state index in [2.05, 4.69) is 20.7 Å². The number of ether oxygens (including phenoxy) is 1. The van der Waals surface area contributed by atoms with Gasteiger partial charge in [-0.3, -0.25) is 10.2 Å². The number of hydrazine groups is 1. The molecule has 0 saturated heterocycles. The summed E-state index contributed by atoms with van der Waals surface area (Å²) in [5.74, 6) is -1.45. The van der Waals surface area contributed by atoms with Crippen LogP contribution >= 0.6 is 15.9 Å². The summed E-state index contributed by atoms with van der Waals surface area (Å²) < 4.78 is 18.3. The maximum Gasteiger partial charge on any atom is 0.426 e. The largest absolute Gasteiger partial charge is 0.449 e. The molecule has 0 bridgehead atoms. The Bertz CT molecular complexity index is 440. The Labute approximate surface area is 105 Å². The summed E-state index contributed by atoms with van der Waals surface area (Å²) in [7, 11) is 0. The van der Waals surface area contributed by atoms with E-state index in [1.165, 1.54) is 12.1 Å². The summed E-state index contributed by atoms with van der Waals surface area (Å²) in [6.07, 6.45) is -0.809. The molecule has 0 atom stereocenters. The van der Waals surface area contributed by atoms with Gasteiger partial charge < -0.3 is 4.74 Å². The van der Waals surface area contributed by atoms with Crippen LogP contribution in [-0.4, -0.2) is 18.6 Å². The minimum atomic E-state index is -0.809. The van der Waals surface area contributed by atoms with Crippen LogP contribution in [0.1, 0.15) is 17.3 Å². The Balaban J connectivity index is 2.64. The predicted octanol–water partition coefficient (Wildman–Crippen LogP) is 1.98. The third-order valence-electron chi connectivity index (χ3n) is 1.73. The van der Waals surface area contributed by atoms with Crippen molar-refractivity contribution in [1.82, 2.24) is 10.9 Å². The van der Waals surface area contributed by atoms with Crippen LogP contribution in [0.2, 0.25) is 0 Å². The number of rotatable bonds is 2. The molecule has 0 radical (unpaired) electrons. The van der Waals surface area contributed by atoms with Gasteiger partial charge in [-0.25, -0.2) is 14.6 Å². The van der Waals surface area contributed by atoms with Gasteiger partial charge >= 0.3 is 6.09 Å². The van der Waals surface area contributed by atoms with E-state index in [1.54, 1.807) is 6.92 Å². The first-order valence-corrected chi connectivity index (χ1v) is 5.52. The van der Waals surface area contributed by atoms with E-state index < -0.39 is 17.8 Å². The average molecular weight is 305 g/mol. The zero-order valence-electron chi connectivity index (χ0n) is 8.92. The highest BCUT2D eigenvalue weighted by atomic mass is 79.9. The molecule has 1 aromatic carbocycles. The standard InChI is InChI=1S/C10H10BrFN2O3/c1-2-17-10(16)14-13-9(15)7-5-6(11)3-4-8(7)12/h3-5H,2H2,1H3,(H,13,15)(H,14,16). The van der Waals surface area contributed by atoms with E-state index in [4.69, 9.17) is 0 Å². The Hall–Kier alpha value is -1.63. The van der Waals surface area contributed by atoms with Crippen molar-refractivity contribution in [2.45, 2.75) is 6.92 Å². The van der Waals surface area contributed by atoms with Crippen molar-refractivity contribution in [3.05, 3.63) is 34.1 Å². The Kier molecular flexibility index (Phi) is 4.89. The summed E-state index contributed by atoms with van der Waals surface area (Å²) in [5, 5.41) is 0. The zero-order valence-corrected chi connectivity index (χ0v) is 10.5. The second kappa shape index (κ2) is 6.19. The fourth-order valence-corrected chi connectivity index (χ4v) is 1.37. The van der Waals surface area contributed by atoms with Gasteiger partial charge in [-0.15, -0.1) is 0 Å². The molecule has 0 unspecified atom stereocenters. The van der Waals surface area contributed by atoms with Gasteiger partial charge in [-0.05, 0) is 25.1 Å². The number of benzene rings is 1. The lowest BCUT2D eigenvalue weighted by molar-refractivity contribution is 0.0908. The highest BCUT2D eigenvalue weighted by Crippen LogP contribution is 2.15. The van der Waals surface area contributed by atoms with Crippen LogP contribution in [0, 0.1) is 5.82 Å². The monoisotopic (exact) mass is 304 g/mol. The normalized spacial score (nSPS) is 9.59. The summed E-state index contributed by atoms with van der Waals surface area (Å²) in [6, 6.07) is 3.91. The Morgan fingerprint density at radius 3 is 2.76 bits per heavy atom. The van der Waals surface area contributed by atoms with Crippen LogP contribution in [0.15, 0.2) is 22.7 Å². The molecule has 0 saturated carbocycles. The molecule has 2 amide bonds. The molecule has 0 aromatic heterocycles. The quantitative estimate of drug-likeness (QED) is 0.821. The van der Waals surface area contributed by atoms with Crippen molar-refractivity contribution in [3.63, 3.8) is 0 Å². The van der Waals surface area contributed by atoms with E-state index in [-0.39, 0.29) is 12.2 Å². The van der Waals surface area contributed by atoms with E-state index in [9.17, 15) is 14.0 Å². The summed E-state index contributed by atoms with van der Waals surface area (Å²) in [6.45, 7) is 1.79. The molecule has 0 aliphatic rings. The molecule has 17 heavy (non-hydrogen) atoms. The molecule has 1 aromatic rings. The summed E-state index contributed by atoms with van der Waals surface area (Å²) >= 11 is 3.11. The van der Waals surface area contributed by atoms with Crippen LogP contribution in [-0.2, 0) is 4.74 Å². The highest BCUT2D eigenvalue weighted by Gasteiger charge is 2.12. The summed E-state index contributed by atoms with van der Waals surface area (Å²) in [4.78, 5) is 22.4. The van der Waals surface area contributed by atoms with Gasteiger partial charge in [-0.1, -0.05) is 15.9 Å². The molecule has 0 fully saturated rings. The number of carbonyl (C=O) groups excluding carboxylic acids is 2. The van der Waals surface area contributed by atoms with Crippen LogP contribution in [0.25, 0.3) is 0 Å². The zero-order chi connectivity index (χ0) is 12.8. The second-order valence-corrected chi connectivity index (χ2v) is 3.84. The molecular formula is C10H10BrFN2O3. The second-order valence-electron chi connectivity index (χ2n) is 2.92. The lowest BCUT2D eigenvalue weighted by Gasteiger charge is -2.07. The molecular weight excluding hydrogens is 295 g/mol. The van der Waals surface area contributed by atoms with Gasteiger partial charge in [0.1, 0.15) is 5.82 Å². The number of amides is 2. The van der Waals surface area contributed by atoms with Crippen LogP contribution in [0.3, 0.4) is 0 Å². The van der Waals surface area contributed by atoms with Gasteiger partial charge in [-0.2, -0.15) is 0 Å². The van der Waals surface area contributed by atoms with Crippen molar-refractivity contribution >= 4 is 27.9 Å². The van der Waals surface area contributed by atoms with Crippen molar-refractivity contribution in [1.29, 1.82) is 0 Å². The van der Waals surface area contributed by atoms with Crippen molar-refractivity contribution in [2.24, 2.45) is 0 Å². The van der Waals surface area contributed by atoms with Crippen LogP contribution in [0.5, 0.6) is 0 Å². The Morgan fingerprint density at radius 1 is 1.41 bits per heavy atom. The predicted molar refractivity (Wildman–Crippen MR) is 61.7 cm³/mol. The molecule has 5 nitrogen and oxygen atoms in total. The first-order valence-electron chi connectivity index (χ1n) is 4.72. The molecule has 7 heteroatoms. The smallest absolute Gasteiger partial charge is 0.426 e. The molecule has 92 valence electrons. The third-order valence-corrected chi connectivity index (χ3v) is 2.22. The fraction of sp³-hybridized carbons (Fsp3) is 0.200. The number of hydrogen-bond donors (Lipinski definition) is 2. The van der Waals surface area contributed by atoms with Gasteiger partial charge in [0.2, 0.25) is 0 Å². The first kappa shape index (κ1) is 13.4. The lowest BCUT2D eigenvalue weighted by Crippen LogP contribution is -2.42. The number of nitrogens with one attached hydrogen (secondary N) is 2. The minimum Gasteiger partial charge on any atom is -0.449 e. The van der Waals surface area contributed by atoms with E-state index in [0.717, 1.165) is 6.07 Å². The van der Waals surface area contributed by atoms with E-state index >= 15 is 0 Å². The van der Waals surface area contributed by atoms with Gasteiger partial charge in [0.05, 0.1) is 12.2 Å². The maximum absolute atomic E-state index is 13.3. The number of halogens is 2. The van der Waals surface area contributed by atoms with E-state index in [0.29, 0.717) is 4.47 Å². The minimum absolute atomic E-state index is 0.174. The Morgan fingerprint density at radius 2 is 2.12 bits per heavy atom. The van der Waals surface area contributed by atoms with Crippen molar-refractivity contribution < 1.29 is 18.7 Å². The maximum atomic E-state index is 13.3. The number of carbonyl (C=O) groups is 2. The average Bonchev–Trinajstić information content (AvgIpc) is 2.29. The third kappa shape index (κ3) is 4.03. The molecule has 0 aliphatic carbocycles. The topological polar surface area (TPSA) is 67.4 Å². The van der Waals surface area contributed by atoms with Crippen molar-refractivity contribution in [2.75, 3.05) is 6.61 Å². The highest BCUT2D eigenvalue weighted by molar-refractivity contribution is 9.10. The molecule has 0 aliphatic heterocycles. The van der Waals surface area contributed by atoms with Gasteiger partial charge in [0, 0.05) is 4.47 Å². The molecule has 0 spiro atoms. The fourth-order valence-electron chi connectivity index (χ4n) is 1.01. The first-order chi connectivity index (χ1) is 8.04. The SMILES string of the molecule is CCOC(=O)NNC(=O)c1cc(Br)ccc1F. The molecule has 0 heterocycles. The van der Waals surface area contributed by atoms with E-state index in [1.807, 2.05) is 10.9 Å². The van der Waals surface area contributed by atoms with Gasteiger partial charge in [0.25, 0.3) is 5.91 Å². The lowest BCUT2D eigenvalue weighted by atomic mass is 10.2. The van der Waals surface area contributed by atoms with Gasteiger partial charge in [0.15, 0.2) is 0 Å². The summed E-state index contributed by atoms with van der Waals surface area (Å²) in [5.41, 5.74) is 3.83. The molecule has 1 rings (SSSR count). The van der Waals surface area contributed by atoms with Crippen molar-refractivity contribution in [3.8, 4) is 0 Å².